The van der Waals surface area contributed by atoms with Crippen LogP contribution in [0.3, 0.4) is 0 Å². The molecular weight excluding hydrogens is 303 g/mol. The highest BCUT2D eigenvalue weighted by molar-refractivity contribution is 5.82. The number of hydrogen-bond donors (Lipinski definition) is 1. The molecule has 0 aromatic heterocycles. The number of aliphatic carboxylic acids is 1. The number of carboxylic acids is 1. The number of nitrogens with zero attached hydrogens (tertiary/aromatic N) is 1. The number of hydrogen-bond acceptors (Lipinski definition) is 3. The molecular formula is C14H16F3NO4. The third-order valence-electron chi connectivity index (χ3n) is 2.77. The zero-order chi connectivity index (χ0) is 16.9. The molecule has 0 saturated heterocycles. The van der Waals surface area contributed by atoms with Crippen molar-refractivity contribution < 1.29 is 32.6 Å². The first-order chi connectivity index (χ1) is 10.1. The Labute approximate surface area is 125 Å². The summed E-state index contributed by atoms with van der Waals surface area (Å²) in [6, 6.07) is 3.76. The average molecular weight is 319 g/mol. The third-order valence-corrected chi connectivity index (χ3v) is 2.77. The Bertz CT molecular complexity index is 543. The molecule has 1 N–H and O–H groups in total. The summed E-state index contributed by atoms with van der Waals surface area (Å²) in [5.74, 6) is -1.90. The topological polar surface area (TPSA) is 66.8 Å². The SMILES string of the molecule is CC(C)N(CC(=O)O)C(=O)COc1cccc(C(F)(F)F)c1. The number of rotatable bonds is 6. The van der Waals surface area contributed by atoms with Crippen LogP contribution >= 0.6 is 0 Å². The third kappa shape index (κ3) is 5.27. The van der Waals surface area contributed by atoms with Gasteiger partial charge < -0.3 is 14.7 Å². The monoisotopic (exact) mass is 319 g/mol. The van der Waals surface area contributed by atoms with Crippen molar-refractivity contribution in [1.82, 2.24) is 4.90 Å². The van der Waals surface area contributed by atoms with Gasteiger partial charge in [-0.15, -0.1) is 0 Å². The predicted molar refractivity (Wildman–Crippen MR) is 71.4 cm³/mol. The van der Waals surface area contributed by atoms with Gasteiger partial charge in [-0.25, -0.2) is 0 Å². The van der Waals surface area contributed by atoms with Gasteiger partial charge in [0.25, 0.3) is 5.91 Å². The Morgan fingerprint density at radius 1 is 1.32 bits per heavy atom. The molecule has 0 spiro atoms. The molecule has 1 aromatic carbocycles. The molecule has 0 bridgehead atoms. The fraction of sp³-hybridized carbons (Fsp3) is 0.429. The minimum Gasteiger partial charge on any atom is -0.484 e. The van der Waals surface area contributed by atoms with Gasteiger partial charge in [-0.2, -0.15) is 13.2 Å². The fourth-order valence-corrected chi connectivity index (χ4v) is 1.69. The van der Waals surface area contributed by atoms with E-state index in [9.17, 15) is 22.8 Å². The van der Waals surface area contributed by atoms with Crippen molar-refractivity contribution in [2.24, 2.45) is 0 Å². The summed E-state index contributed by atoms with van der Waals surface area (Å²) in [5, 5.41) is 8.73. The molecule has 8 heteroatoms. The summed E-state index contributed by atoms with van der Waals surface area (Å²) < 4.78 is 42.7. The highest BCUT2D eigenvalue weighted by Gasteiger charge is 2.30. The number of carboxylic acid groups (broad SMARTS) is 1. The molecule has 122 valence electrons. The summed E-state index contributed by atoms with van der Waals surface area (Å²) in [5.41, 5.74) is -0.885. The lowest BCUT2D eigenvalue weighted by Gasteiger charge is -2.24. The normalized spacial score (nSPS) is 11.4. The van der Waals surface area contributed by atoms with Gasteiger partial charge in [0.1, 0.15) is 12.3 Å². The predicted octanol–water partition coefficient (Wildman–Crippen LogP) is 2.41. The van der Waals surface area contributed by atoms with E-state index in [0.29, 0.717) is 0 Å². The van der Waals surface area contributed by atoms with E-state index in [0.717, 1.165) is 17.0 Å². The van der Waals surface area contributed by atoms with Gasteiger partial charge in [-0.3, -0.25) is 9.59 Å². The standard InChI is InChI=1S/C14H16F3NO4/c1-9(2)18(7-13(20)21)12(19)8-22-11-5-3-4-10(6-11)14(15,16)17/h3-6,9H,7-8H2,1-2H3,(H,20,21). The summed E-state index contributed by atoms with van der Waals surface area (Å²) in [7, 11) is 0. The molecule has 0 saturated carbocycles. The molecule has 0 unspecified atom stereocenters. The highest BCUT2D eigenvalue weighted by Crippen LogP contribution is 2.31. The van der Waals surface area contributed by atoms with E-state index in [2.05, 4.69) is 0 Å². The Hall–Kier alpha value is -2.25. The molecule has 0 heterocycles. The summed E-state index contributed by atoms with van der Waals surface area (Å²) in [6.45, 7) is 2.23. The minimum absolute atomic E-state index is 0.109. The Kier molecular flexibility index (Phi) is 5.78. The number of amides is 1. The number of ether oxygens (including phenoxy) is 1. The minimum atomic E-state index is -4.50. The first kappa shape index (κ1) is 17.8. The number of carbonyl (C=O) groups excluding carboxylic acids is 1. The second kappa shape index (κ2) is 7.15. The summed E-state index contributed by atoms with van der Waals surface area (Å²) in [6.07, 6.45) is -4.50. The number of halogens is 3. The molecule has 1 amide bonds. The first-order valence-electron chi connectivity index (χ1n) is 6.42. The molecule has 5 nitrogen and oxygen atoms in total. The van der Waals surface area contributed by atoms with Crippen LogP contribution in [0, 0.1) is 0 Å². The van der Waals surface area contributed by atoms with Crippen LogP contribution in [0.1, 0.15) is 19.4 Å². The molecule has 0 atom stereocenters. The maximum Gasteiger partial charge on any atom is 0.416 e. The largest absolute Gasteiger partial charge is 0.484 e. The molecule has 0 radical (unpaired) electrons. The molecule has 0 aliphatic rings. The smallest absolute Gasteiger partial charge is 0.416 e. The van der Waals surface area contributed by atoms with Crippen LogP contribution in [0.4, 0.5) is 13.2 Å². The van der Waals surface area contributed by atoms with Crippen LogP contribution in [0.15, 0.2) is 24.3 Å². The maximum atomic E-state index is 12.5. The first-order valence-corrected chi connectivity index (χ1v) is 6.42. The zero-order valence-corrected chi connectivity index (χ0v) is 12.1. The van der Waals surface area contributed by atoms with Gasteiger partial charge >= 0.3 is 12.1 Å². The van der Waals surface area contributed by atoms with Crippen LogP contribution < -0.4 is 4.74 Å². The molecule has 1 aromatic rings. The lowest BCUT2D eigenvalue weighted by molar-refractivity contribution is -0.146. The van der Waals surface area contributed by atoms with Crippen molar-refractivity contribution in [3.05, 3.63) is 29.8 Å². The number of benzene rings is 1. The van der Waals surface area contributed by atoms with Crippen molar-refractivity contribution in [3.8, 4) is 5.75 Å². The van der Waals surface area contributed by atoms with Gasteiger partial charge in [0.05, 0.1) is 5.56 Å². The summed E-state index contributed by atoms with van der Waals surface area (Å²) >= 11 is 0. The van der Waals surface area contributed by atoms with Gasteiger partial charge in [0, 0.05) is 6.04 Å². The van der Waals surface area contributed by atoms with Crippen molar-refractivity contribution in [2.45, 2.75) is 26.1 Å². The van der Waals surface area contributed by atoms with Gasteiger partial charge in [0.2, 0.25) is 0 Å². The van der Waals surface area contributed by atoms with Crippen LogP contribution in [0.2, 0.25) is 0 Å². The summed E-state index contributed by atoms with van der Waals surface area (Å²) in [4.78, 5) is 23.6. The number of alkyl halides is 3. The van der Waals surface area contributed by atoms with E-state index in [1.807, 2.05) is 0 Å². The fourth-order valence-electron chi connectivity index (χ4n) is 1.69. The van der Waals surface area contributed by atoms with Crippen LogP contribution in [0.5, 0.6) is 5.75 Å². The average Bonchev–Trinajstić information content (AvgIpc) is 2.41. The lowest BCUT2D eigenvalue weighted by Crippen LogP contribution is -2.43. The Morgan fingerprint density at radius 2 is 1.95 bits per heavy atom. The number of carbonyl (C=O) groups is 2. The molecule has 0 aliphatic carbocycles. The molecule has 0 fully saturated rings. The maximum absolute atomic E-state index is 12.5. The van der Waals surface area contributed by atoms with Crippen LogP contribution in [-0.4, -0.2) is 41.1 Å². The van der Waals surface area contributed by atoms with E-state index < -0.39 is 36.8 Å². The highest BCUT2D eigenvalue weighted by atomic mass is 19.4. The van der Waals surface area contributed by atoms with Crippen molar-refractivity contribution in [3.63, 3.8) is 0 Å². The van der Waals surface area contributed by atoms with E-state index in [4.69, 9.17) is 9.84 Å². The Balaban J connectivity index is 2.72. The van der Waals surface area contributed by atoms with Crippen molar-refractivity contribution in [1.29, 1.82) is 0 Å². The van der Waals surface area contributed by atoms with Crippen molar-refractivity contribution >= 4 is 11.9 Å². The second-order valence-corrected chi connectivity index (χ2v) is 4.82. The quantitative estimate of drug-likeness (QED) is 0.874. The van der Waals surface area contributed by atoms with Gasteiger partial charge in [-0.05, 0) is 32.0 Å². The van der Waals surface area contributed by atoms with Crippen LogP contribution in [-0.2, 0) is 15.8 Å². The molecule has 1 rings (SSSR count). The Morgan fingerprint density at radius 3 is 2.45 bits per heavy atom. The lowest BCUT2D eigenvalue weighted by atomic mass is 10.2. The van der Waals surface area contributed by atoms with Crippen LogP contribution in [0.25, 0.3) is 0 Å². The zero-order valence-electron chi connectivity index (χ0n) is 12.1. The van der Waals surface area contributed by atoms with Gasteiger partial charge in [0.15, 0.2) is 6.61 Å². The van der Waals surface area contributed by atoms with E-state index >= 15 is 0 Å². The molecule has 0 aliphatic heterocycles. The van der Waals surface area contributed by atoms with E-state index in [1.54, 1.807) is 13.8 Å². The van der Waals surface area contributed by atoms with E-state index in [1.165, 1.54) is 12.1 Å². The second-order valence-electron chi connectivity index (χ2n) is 4.82. The van der Waals surface area contributed by atoms with E-state index in [-0.39, 0.29) is 11.8 Å². The van der Waals surface area contributed by atoms with Gasteiger partial charge in [-0.1, -0.05) is 6.07 Å². The molecule has 22 heavy (non-hydrogen) atoms. The van der Waals surface area contributed by atoms with Crippen molar-refractivity contribution in [2.75, 3.05) is 13.2 Å².